The molecule has 0 radical (unpaired) electrons. The molecule has 1 aromatic carbocycles. The highest BCUT2D eigenvalue weighted by Gasteiger charge is 2.12. The van der Waals surface area contributed by atoms with Crippen molar-refractivity contribution in [2.24, 2.45) is 0 Å². The summed E-state index contributed by atoms with van der Waals surface area (Å²) >= 11 is 0. The Hall–Kier alpha value is -2.48. The average Bonchev–Trinajstić information content (AvgIpc) is 2.29. The SMILES string of the molecule is O=CCC#Cc1ccc(C=O)cc1[N+](=O)[O-]. The summed E-state index contributed by atoms with van der Waals surface area (Å²) < 4.78 is 0. The van der Waals surface area contributed by atoms with Crippen molar-refractivity contribution in [3.05, 3.63) is 39.4 Å². The van der Waals surface area contributed by atoms with E-state index >= 15 is 0 Å². The van der Waals surface area contributed by atoms with E-state index in [0.29, 0.717) is 12.6 Å². The van der Waals surface area contributed by atoms with Crippen LogP contribution in [0.1, 0.15) is 22.3 Å². The van der Waals surface area contributed by atoms with Crippen LogP contribution < -0.4 is 0 Å². The van der Waals surface area contributed by atoms with Crippen LogP contribution in [0.4, 0.5) is 5.69 Å². The van der Waals surface area contributed by atoms with Gasteiger partial charge >= 0.3 is 0 Å². The maximum atomic E-state index is 10.7. The third kappa shape index (κ3) is 2.75. The summed E-state index contributed by atoms with van der Waals surface area (Å²) in [7, 11) is 0. The van der Waals surface area contributed by atoms with Gasteiger partial charge in [-0.25, -0.2) is 0 Å². The van der Waals surface area contributed by atoms with E-state index in [1.54, 1.807) is 0 Å². The molecule has 0 saturated heterocycles. The Morgan fingerprint density at radius 2 is 2.12 bits per heavy atom. The second-order valence-electron chi connectivity index (χ2n) is 2.82. The zero-order valence-electron chi connectivity index (χ0n) is 8.17. The molecule has 1 aromatic rings. The Bertz CT molecular complexity index is 496. The van der Waals surface area contributed by atoms with Crippen molar-refractivity contribution in [2.75, 3.05) is 0 Å². The number of carbonyl (C=O) groups is 2. The molecule has 0 aliphatic carbocycles. The van der Waals surface area contributed by atoms with E-state index in [0.717, 1.165) is 6.07 Å². The normalized spacial score (nSPS) is 8.75. The number of carbonyl (C=O) groups excluding carboxylic acids is 2. The lowest BCUT2D eigenvalue weighted by Crippen LogP contribution is -1.94. The molecule has 80 valence electrons. The molecule has 5 heteroatoms. The lowest BCUT2D eigenvalue weighted by Gasteiger charge is -1.96. The number of rotatable bonds is 3. The number of aldehydes is 2. The monoisotopic (exact) mass is 217 g/mol. The molecule has 0 amide bonds. The van der Waals surface area contributed by atoms with Crippen molar-refractivity contribution in [2.45, 2.75) is 6.42 Å². The molecular formula is C11H7NO4. The van der Waals surface area contributed by atoms with Gasteiger partial charge in [-0.1, -0.05) is 11.8 Å². The van der Waals surface area contributed by atoms with E-state index in [1.807, 2.05) is 0 Å². The Kier molecular flexibility index (Phi) is 3.92. The zero-order chi connectivity index (χ0) is 12.0. The highest BCUT2D eigenvalue weighted by Crippen LogP contribution is 2.18. The maximum absolute atomic E-state index is 10.7. The Balaban J connectivity index is 3.19. The molecule has 0 aromatic heterocycles. The van der Waals surface area contributed by atoms with Crippen LogP contribution in [-0.4, -0.2) is 17.5 Å². The van der Waals surface area contributed by atoms with Gasteiger partial charge < -0.3 is 4.79 Å². The van der Waals surface area contributed by atoms with Crippen LogP contribution in [0, 0.1) is 22.0 Å². The quantitative estimate of drug-likeness (QED) is 0.331. The van der Waals surface area contributed by atoms with Gasteiger partial charge in [0.25, 0.3) is 5.69 Å². The van der Waals surface area contributed by atoms with Crippen molar-refractivity contribution in [1.29, 1.82) is 0 Å². The molecular weight excluding hydrogens is 210 g/mol. The fourth-order valence-corrected chi connectivity index (χ4v) is 1.07. The van der Waals surface area contributed by atoms with Crippen molar-refractivity contribution < 1.29 is 14.5 Å². The van der Waals surface area contributed by atoms with E-state index in [2.05, 4.69) is 11.8 Å². The van der Waals surface area contributed by atoms with Gasteiger partial charge in [-0.3, -0.25) is 14.9 Å². The molecule has 5 nitrogen and oxygen atoms in total. The molecule has 0 aliphatic heterocycles. The number of benzene rings is 1. The highest BCUT2D eigenvalue weighted by molar-refractivity contribution is 5.77. The standard InChI is InChI=1S/C11H7NO4/c13-6-2-1-3-10-5-4-9(8-14)7-11(10)12(15)16/h4-8H,2H2. The minimum atomic E-state index is -0.613. The van der Waals surface area contributed by atoms with Crippen molar-refractivity contribution in [3.63, 3.8) is 0 Å². The lowest BCUT2D eigenvalue weighted by molar-refractivity contribution is -0.385. The van der Waals surface area contributed by atoms with E-state index in [9.17, 15) is 19.7 Å². The molecule has 16 heavy (non-hydrogen) atoms. The van der Waals surface area contributed by atoms with Crippen LogP contribution in [0.2, 0.25) is 0 Å². The van der Waals surface area contributed by atoms with Crippen molar-refractivity contribution in [1.82, 2.24) is 0 Å². The molecule has 0 N–H and O–H groups in total. The number of hydrogen-bond acceptors (Lipinski definition) is 4. The fraction of sp³-hybridized carbons (Fsp3) is 0.0909. The van der Waals surface area contributed by atoms with Crippen LogP contribution >= 0.6 is 0 Å². The van der Waals surface area contributed by atoms with Gasteiger partial charge in [0.15, 0.2) is 0 Å². The Morgan fingerprint density at radius 3 is 2.69 bits per heavy atom. The predicted molar refractivity (Wildman–Crippen MR) is 56.0 cm³/mol. The number of nitro groups is 1. The molecule has 0 fully saturated rings. The van der Waals surface area contributed by atoms with Crippen LogP contribution in [0.25, 0.3) is 0 Å². The van der Waals surface area contributed by atoms with Crippen LogP contribution in [0.5, 0.6) is 0 Å². The predicted octanol–water partition coefficient (Wildman–Crippen LogP) is 1.35. The summed E-state index contributed by atoms with van der Waals surface area (Å²) in [5.74, 6) is 4.98. The van der Waals surface area contributed by atoms with E-state index < -0.39 is 4.92 Å². The van der Waals surface area contributed by atoms with E-state index in [-0.39, 0.29) is 23.2 Å². The Labute approximate surface area is 91.2 Å². The van der Waals surface area contributed by atoms with Gasteiger partial charge in [0, 0.05) is 11.6 Å². The molecule has 0 unspecified atom stereocenters. The molecule has 0 bridgehead atoms. The Morgan fingerprint density at radius 1 is 1.38 bits per heavy atom. The van der Waals surface area contributed by atoms with Gasteiger partial charge in [-0.05, 0) is 12.1 Å². The number of nitrogens with zero attached hydrogens (tertiary/aromatic N) is 1. The van der Waals surface area contributed by atoms with Crippen LogP contribution in [0.15, 0.2) is 18.2 Å². The first-order valence-corrected chi connectivity index (χ1v) is 4.35. The smallest absolute Gasteiger partial charge is 0.285 e. The largest absolute Gasteiger partial charge is 0.302 e. The van der Waals surface area contributed by atoms with Gasteiger partial charge in [-0.2, -0.15) is 0 Å². The zero-order valence-corrected chi connectivity index (χ0v) is 8.17. The third-order valence-electron chi connectivity index (χ3n) is 1.76. The van der Waals surface area contributed by atoms with Crippen LogP contribution in [0.3, 0.4) is 0 Å². The van der Waals surface area contributed by atoms with Crippen molar-refractivity contribution in [3.8, 4) is 11.8 Å². The number of hydrogen-bond donors (Lipinski definition) is 0. The van der Waals surface area contributed by atoms with Gasteiger partial charge in [0.2, 0.25) is 0 Å². The first-order chi connectivity index (χ1) is 7.69. The van der Waals surface area contributed by atoms with Crippen molar-refractivity contribution >= 4 is 18.3 Å². The second kappa shape index (κ2) is 5.41. The highest BCUT2D eigenvalue weighted by atomic mass is 16.6. The third-order valence-corrected chi connectivity index (χ3v) is 1.76. The number of nitro benzene ring substituents is 1. The topological polar surface area (TPSA) is 77.3 Å². The molecule has 1 rings (SSSR count). The van der Waals surface area contributed by atoms with Crippen LogP contribution in [-0.2, 0) is 4.79 Å². The van der Waals surface area contributed by atoms with E-state index in [1.165, 1.54) is 12.1 Å². The maximum Gasteiger partial charge on any atom is 0.285 e. The second-order valence-corrected chi connectivity index (χ2v) is 2.82. The van der Waals surface area contributed by atoms with Gasteiger partial charge in [-0.15, -0.1) is 0 Å². The summed E-state index contributed by atoms with van der Waals surface area (Å²) in [6, 6.07) is 3.97. The summed E-state index contributed by atoms with van der Waals surface area (Å²) in [6.07, 6.45) is 1.15. The molecule has 0 heterocycles. The molecule has 0 atom stereocenters. The summed E-state index contributed by atoms with van der Waals surface area (Å²) in [5, 5.41) is 10.7. The molecule has 0 aliphatic rings. The summed E-state index contributed by atoms with van der Waals surface area (Å²) in [5.41, 5.74) is 0.174. The minimum Gasteiger partial charge on any atom is -0.302 e. The molecule has 0 saturated carbocycles. The van der Waals surface area contributed by atoms with Gasteiger partial charge in [0.1, 0.15) is 18.1 Å². The van der Waals surface area contributed by atoms with E-state index in [4.69, 9.17) is 0 Å². The fourth-order valence-electron chi connectivity index (χ4n) is 1.07. The molecule has 0 spiro atoms. The summed E-state index contributed by atoms with van der Waals surface area (Å²) in [4.78, 5) is 30.5. The summed E-state index contributed by atoms with van der Waals surface area (Å²) in [6.45, 7) is 0. The first kappa shape index (κ1) is 11.6. The van der Waals surface area contributed by atoms with Gasteiger partial charge in [0.05, 0.1) is 11.3 Å². The first-order valence-electron chi connectivity index (χ1n) is 4.35. The minimum absolute atomic E-state index is 0.0204. The average molecular weight is 217 g/mol. The lowest BCUT2D eigenvalue weighted by atomic mass is 10.1.